The molecule has 0 spiro atoms. The van der Waals surface area contributed by atoms with E-state index in [0.717, 1.165) is 65.3 Å². The molecule has 15 heteroatoms. The van der Waals surface area contributed by atoms with Crippen molar-refractivity contribution in [3.63, 3.8) is 0 Å². The molecule has 3 aromatic carbocycles. The molecule has 0 radical (unpaired) electrons. The van der Waals surface area contributed by atoms with Gasteiger partial charge in [-0.1, -0.05) is 18.2 Å². The summed E-state index contributed by atoms with van der Waals surface area (Å²) >= 11 is 0. The molecule has 1 fully saturated rings. The highest BCUT2D eigenvalue weighted by molar-refractivity contribution is 6.25. The number of nitrogens with one attached hydrogen (secondary N) is 4. The monoisotopic (exact) mass is 787 g/mol. The number of carbonyl (C=O) groups excluding carboxylic acids is 6. The number of fused-ring (bicyclic) bond motifs is 3. The van der Waals surface area contributed by atoms with Crippen molar-refractivity contribution in [1.29, 1.82) is 0 Å². The number of benzene rings is 3. The number of anilines is 1. The van der Waals surface area contributed by atoms with Crippen LogP contribution >= 0.6 is 0 Å². The van der Waals surface area contributed by atoms with Crippen LogP contribution in [0.3, 0.4) is 0 Å². The first-order valence-corrected chi connectivity index (χ1v) is 19.8. The number of piperidine rings is 1. The van der Waals surface area contributed by atoms with Crippen LogP contribution in [0.2, 0.25) is 0 Å². The molecule has 300 valence electrons. The number of aryl methyl sites for hydroxylation is 3. The highest BCUT2D eigenvalue weighted by Crippen LogP contribution is 2.37. The van der Waals surface area contributed by atoms with E-state index in [2.05, 4.69) is 50.2 Å². The van der Waals surface area contributed by atoms with E-state index >= 15 is 0 Å². The number of nitrogens with zero attached hydrogens (tertiary/aromatic N) is 3. The summed E-state index contributed by atoms with van der Waals surface area (Å²) in [6, 6.07) is 13.4. The van der Waals surface area contributed by atoms with Crippen molar-refractivity contribution in [3.05, 3.63) is 93.9 Å². The van der Waals surface area contributed by atoms with Crippen LogP contribution in [0.5, 0.6) is 11.5 Å². The standard InChI is InChI=1S/C43H45N7O8/c1-24-34(57-2)21-27(40(53)47-30-12-11-25-9-10-26(20-29(25)30)32-23-49-18-4-8-36(49)46-32)22-35(24)58-19-5-16-45-37(51)15-17-44-31-7-3-6-28-39(31)43(56)50(42(28)55)33-13-14-38(52)48-41(33)54/h3,6-7,9-10,20-23,30,33,44H,4-5,8,11-19H2,1-2H3,(H,45,51)(H,47,53)(H,48,52,54)/t30-,33?/m1/s1. The molecule has 0 saturated carbocycles. The van der Waals surface area contributed by atoms with Crippen LogP contribution < -0.4 is 30.7 Å². The Bertz CT molecular complexity index is 2330. The molecule has 2 atom stereocenters. The lowest BCUT2D eigenvalue weighted by molar-refractivity contribution is -0.136. The van der Waals surface area contributed by atoms with E-state index in [0.29, 0.717) is 35.7 Å². The maximum atomic E-state index is 13.7. The maximum Gasteiger partial charge on any atom is 0.264 e. The van der Waals surface area contributed by atoms with Gasteiger partial charge in [-0.15, -0.1) is 0 Å². The van der Waals surface area contributed by atoms with Crippen LogP contribution in [0.15, 0.2) is 54.7 Å². The van der Waals surface area contributed by atoms with Gasteiger partial charge >= 0.3 is 0 Å². The molecule has 1 saturated heterocycles. The predicted octanol–water partition coefficient (Wildman–Crippen LogP) is 4.02. The molecule has 1 aromatic heterocycles. The summed E-state index contributed by atoms with van der Waals surface area (Å²) in [6.45, 7) is 3.67. The lowest BCUT2D eigenvalue weighted by atomic mass is 10.0. The Hall–Kier alpha value is -6.51. The van der Waals surface area contributed by atoms with E-state index < -0.39 is 29.7 Å². The first kappa shape index (κ1) is 38.4. The molecular formula is C43H45N7O8. The van der Waals surface area contributed by atoms with Gasteiger partial charge in [0, 0.05) is 67.5 Å². The third-order valence-corrected chi connectivity index (χ3v) is 11.3. The van der Waals surface area contributed by atoms with Crippen molar-refractivity contribution in [2.75, 3.05) is 32.1 Å². The summed E-state index contributed by atoms with van der Waals surface area (Å²) in [5.74, 6) is -0.619. The zero-order valence-electron chi connectivity index (χ0n) is 32.4. The van der Waals surface area contributed by atoms with Gasteiger partial charge in [-0.05, 0) is 80.5 Å². The largest absolute Gasteiger partial charge is 0.496 e. The smallest absolute Gasteiger partial charge is 0.264 e. The Morgan fingerprint density at radius 2 is 1.81 bits per heavy atom. The second-order valence-corrected chi connectivity index (χ2v) is 15.0. The lowest BCUT2D eigenvalue weighted by Crippen LogP contribution is -2.54. The second kappa shape index (κ2) is 16.2. The Kier molecular flexibility index (Phi) is 10.7. The average Bonchev–Trinajstić information content (AvgIpc) is 3.99. The lowest BCUT2D eigenvalue weighted by Gasteiger charge is -2.27. The van der Waals surface area contributed by atoms with Crippen LogP contribution in [-0.2, 0) is 33.8 Å². The first-order valence-electron chi connectivity index (χ1n) is 19.8. The van der Waals surface area contributed by atoms with Crippen molar-refractivity contribution < 1.29 is 38.2 Å². The summed E-state index contributed by atoms with van der Waals surface area (Å²) in [4.78, 5) is 82.5. The van der Waals surface area contributed by atoms with Crippen molar-refractivity contribution >= 4 is 41.1 Å². The molecule has 0 bridgehead atoms. The Morgan fingerprint density at radius 1 is 0.966 bits per heavy atom. The summed E-state index contributed by atoms with van der Waals surface area (Å²) in [5.41, 5.74) is 6.20. The van der Waals surface area contributed by atoms with E-state index in [4.69, 9.17) is 14.5 Å². The minimum Gasteiger partial charge on any atom is -0.496 e. The van der Waals surface area contributed by atoms with Crippen molar-refractivity contribution in [3.8, 4) is 22.8 Å². The van der Waals surface area contributed by atoms with E-state index in [-0.39, 0.29) is 61.4 Å². The predicted molar refractivity (Wildman–Crippen MR) is 212 cm³/mol. The molecule has 4 heterocycles. The van der Waals surface area contributed by atoms with E-state index in [1.807, 2.05) is 6.92 Å². The molecule has 6 amide bonds. The van der Waals surface area contributed by atoms with Gasteiger partial charge in [0.2, 0.25) is 17.7 Å². The van der Waals surface area contributed by atoms with Crippen LogP contribution in [0.25, 0.3) is 11.3 Å². The third-order valence-electron chi connectivity index (χ3n) is 11.3. The van der Waals surface area contributed by atoms with E-state index in [9.17, 15) is 28.8 Å². The van der Waals surface area contributed by atoms with Crippen LogP contribution in [-0.4, -0.2) is 82.7 Å². The van der Waals surface area contributed by atoms with Gasteiger partial charge in [-0.2, -0.15) is 0 Å². The zero-order chi connectivity index (χ0) is 40.5. The molecular weight excluding hydrogens is 743 g/mol. The second-order valence-electron chi connectivity index (χ2n) is 15.0. The molecule has 4 N–H and O–H groups in total. The van der Waals surface area contributed by atoms with Gasteiger partial charge < -0.3 is 30.0 Å². The van der Waals surface area contributed by atoms with Crippen molar-refractivity contribution in [2.45, 2.75) is 76.9 Å². The first-order chi connectivity index (χ1) is 28.1. The van der Waals surface area contributed by atoms with Gasteiger partial charge in [-0.3, -0.25) is 39.0 Å². The average molecular weight is 788 g/mol. The third kappa shape index (κ3) is 7.51. The molecule has 58 heavy (non-hydrogen) atoms. The van der Waals surface area contributed by atoms with Gasteiger partial charge in [0.25, 0.3) is 17.7 Å². The number of rotatable bonds is 14. The van der Waals surface area contributed by atoms with Crippen molar-refractivity contribution in [2.24, 2.45) is 0 Å². The SMILES string of the molecule is COc1cc(C(=O)N[C@@H]2CCc3ccc(-c4cn5c(n4)CCC5)cc32)cc(OCCCNC(=O)CCNc2cccc3c2C(=O)N(C2CCC(=O)NC2=O)C3=O)c1C. The normalized spacial score (nSPS) is 18.1. The summed E-state index contributed by atoms with van der Waals surface area (Å²) in [7, 11) is 1.55. The number of carbonyl (C=O) groups is 6. The molecule has 3 aliphatic heterocycles. The molecule has 1 unspecified atom stereocenters. The van der Waals surface area contributed by atoms with E-state index in [1.54, 1.807) is 31.4 Å². The Morgan fingerprint density at radius 3 is 2.62 bits per heavy atom. The summed E-state index contributed by atoms with van der Waals surface area (Å²) < 4.78 is 13.9. The molecule has 4 aliphatic rings. The number of hydrogen-bond donors (Lipinski definition) is 4. The minimum atomic E-state index is -1.06. The minimum absolute atomic E-state index is 0.0314. The fourth-order valence-electron chi connectivity index (χ4n) is 8.25. The van der Waals surface area contributed by atoms with Gasteiger partial charge in [0.1, 0.15) is 23.4 Å². The highest BCUT2D eigenvalue weighted by atomic mass is 16.5. The molecule has 15 nitrogen and oxygen atoms in total. The number of imide groups is 2. The van der Waals surface area contributed by atoms with E-state index in [1.165, 1.54) is 11.6 Å². The topological polar surface area (TPSA) is 190 Å². The number of amides is 6. The summed E-state index contributed by atoms with van der Waals surface area (Å²) in [5, 5.41) is 11.4. The molecule has 8 rings (SSSR count). The van der Waals surface area contributed by atoms with Crippen LogP contribution in [0, 0.1) is 6.92 Å². The maximum absolute atomic E-state index is 13.7. The number of hydrogen-bond acceptors (Lipinski definition) is 10. The van der Waals surface area contributed by atoms with Crippen LogP contribution in [0.1, 0.15) is 98.2 Å². The van der Waals surface area contributed by atoms with Gasteiger partial charge in [0.05, 0.1) is 36.6 Å². The van der Waals surface area contributed by atoms with Gasteiger partial charge in [-0.25, -0.2) is 4.98 Å². The highest BCUT2D eigenvalue weighted by Gasteiger charge is 2.45. The Labute approximate surface area is 334 Å². The number of methoxy groups -OCH3 is 1. The zero-order valence-corrected chi connectivity index (χ0v) is 32.4. The van der Waals surface area contributed by atoms with Crippen molar-refractivity contribution in [1.82, 2.24) is 30.4 Å². The number of aromatic nitrogens is 2. The Balaban J connectivity index is 0.812. The molecule has 4 aromatic rings. The van der Waals surface area contributed by atoms with Crippen LogP contribution in [0.4, 0.5) is 5.69 Å². The fraction of sp³-hybridized carbons (Fsp3) is 0.372. The summed E-state index contributed by atoms with van der Waals surface area (Å²) in [6.07, 6.45) is 6.61. The molecule has 1 aliphatic carbocycles. The fourth-order valence-corrected chi connectivity index (χ4v) is 8.25. The quantitative estimate of drug-likeness (QED) is 0.107. The number of ether oxygens (including phenoxy) is 2. The van der Waals surface area contributed by atoms with Gasteiger partial charge in [0.15, 0.2) is 0 Å². The number of imidazole rings is 1.